The lowest BCUT2D eigenvalue weighted by Gasteiger charge is -2.41. The Hall–Kier alpha value is -1.22. The Bertz CT molecular complexity index is 370. The Balaban J connectivity index is 1.91. The summed E-state index contributed by atoms with van der Waals surface area (Å²) < 4.78 is 5.92. The van der Waals surface area contributed by atoms with Crippen molar-refractivity contribution in [3.63, 3.8) is 0 Å². The van der Waals surface area contributed by atoms with Gasteiger partial charge in [-0.2, -0.15) is 0 Å². The number of nitrogens with zero attached hydrogens (tertiary/aromatic N) is 1. The maximum Gasteiger partial charge on any atom is 0.124 e. The Kier molecular flexibility index (Phi) is 3.06. The summed E-state index contributed by atoms with van der Waals surface area (Å²) in [7, 11) is 0. The zero-order valence-electron chi connectivity index (χ0n) is 10.2. The van der Waals surface area contributed by atoms with Crippen molar-refractivity contribution < 1.29 is 4.74 Å². The van der Waals surface area contributed by atoms with Crippen molar-refractivity contribution in [2.45, 2.75) is 32.9 Å². The van der Waals surface area contributed by atoms with Crippen molar-refractivity contribution in [2.24, 2.45) is 0 Å². The summed E-state index contributed by atoms with van der Waals surface area (Å²) in [5, 5.41) is 0. The molecule has 1 aromatic rings. The molecule has 3 heteroatoms. The van der Waals surface area contributed by atoms with Crippen molar-refractivity contribution >= 4 is 5.69 Å². The zero-order chi connectivity index (χ0) is 11.7. The molecule has 0 radical (unpaired) electrons. The maximum absolute atomic E-state index is 5.92. The van der Waals surface area contributed by atoms with Gasteiger partial charge in [0.25, 0.3) is 0 Å². The number of nitrogens with two attached hydrogens (primary N) is 1. The molecule has 0 aromatic heterocycles. The Morgan fingerprint density at radius 1 is 1.38 bits per heavy atom. The first-order valence-corrected chi connectivity index (χ1v) is 5.83. The van der Waals surface area contributed by atoms with Gasteiger partial charge < -0.3 is 10.5 Å². The van der Waals surface area contributed by atoms with E-state index in [1.165, 1.54) is 0 Å². The van der Waals surface area contributed by atoms with Crippen LogP contribution in [0.4, 0.5) is 5.69 Å². The number of aryl methyl sites for hydroxylation is 1. The summed E-state index contributed by atoms with van der Waals surface area (Å²) in [4.78, 5) is 2.40. The third-order valence-corrected chi connectivity index (χ3v) is 3.10. The highest BCUT2D eigenvalue weighted by atomic mass is 16.5. The van der Waals surface area contributed by atoms with E-state index in [2.05, 4.69) is 18.7 Å². The van der Waals surface area contributed by atoms with E-state index in [-0.39, 0.29) is 0 Å². The highest BCUT2D eigenvalue weighted by Crippen LogP contribution is 2.24. The second-order valence-corrected chi connectivity index (χ2v) is 4.81. The first-order valence-electron chi connectivity index (χ1n) is 5.83. The predicted octanol–water partition coefficient (Wildman–Crippen LogP) is 2.05. The summed E-state index contributed by atoms with van der Waals surface area (Å²) in [5.41, 5.74) is 7.61. The summed E-state index contributed by atoms with van der Waals surface area (Å²) in [6, 6.07) is 6.42. The fourth-order valence-corrected chi connectivity index (χ4v) is 1.95. The quantitative estimate of drug-likeness (QED) is 0.792. The molecule has 0 spiro atoms. The van der Waals surface area contributed by atoms with Crippen molar-refractivity contribution in [3.05, 3.63) is 23.8 Å². The van der Waals surface area contributed by atoms with E-state index in [1.807, 2.05) is 25.1 Å². The highest BCUT2D eigenvalue weighted by molar-refractivity contribution is 5.47. The molecule has 1 aromatic carbocycles. The molecule has 0 unspecified atom stereocenters. The number of likely N-dealkylation sites (tertiary alicyclic amines) is 1. The predicted molar refractivity (Wildman–Crippen MR) is 66.7 cm³/mol. The molecule has 2 rings (SSSR count). The van der Waals surface area contributed by atoms with Gasteiger partial charge >= 0.3 is 0 Å². The molecule has 3 nitrogen and oxygen atoms in total. The monoisotopic (exact) mass is 220 g/mol. The molecular formula is C13H20N2O. The van der Waals surface area contributed by atoms with Crippen LogP contribution < -0.4 is 10.5 Å². The minimum atomic E-state index is 0.338. The lowest BCUT2D eigenvalue weighted by atomic mass is 10.1. The van der Waals surface area contributed by atoms with E-state index in [0.29, 0.717) is 12.1 Å². The molecule has 2 N–H and O–H groups in total. The number of ether oxygens (including phenoxy) is 1. The van der Waals surface area contributed by atoms with Gasteiger partial charge in [0.1, 0.15) is 11.9 Å². The van der Waals surface area contributed by atoms with Gasteiger partial charge in [-0.05, 0) is 44.5 Å². The van der Waals surface area contributed by atoms with Crippen LogP contribution in [0.25, 0.3) is 0 Å². The van der Waals surface area contributed by atoms with Gasteiger partial charge in [-0.25, -0.2) is 0 Å². The molecule has 88 valence electrons. The van der Waals surface area contributed by atoms with Crippen LogP contribution >= 0.6 is 0 Å². The molecule has 0 saturated carbocycles. The molecule has 1 aliphatic heterocycles. The number of nitrogen functional groups attached to an aromatic ring is 1. The average Bonchev–Trinajstić information content (AvgIpc) is 2.12. The second kappa shape index (κ2) is 4.34. The molecule has 0 bridgehead atoms. The maximum atomic E-state index is 5.92. The van der Waals surface area contributed by atoms with Crippen LogP contribution in [0.1, 0.15) is 19.4 Å². The average molecular weight is 220 g/mol. The van der Waals surface area contributed by atoms with Gasteiger partial charge in [-0.1, -0.05) is 0 Å². The van der Waals surface area contributed by atoms with Crippen LogP contribution in [-0.4, -0.2) is 30.1 Å². The second-order valence-electron chi connectivity index (χ2n) is 4.81. The molecule has 0 aliphatic carbocycles. The standard InChI is InChI=1S/C13H20N2O/c1-9(2)15-7-12(8-15)16-13-5-4-11(14)6-10(13)3/h4-6,9,12H,7-8,14H2,1-3H3. The van der Waals surface area contributed by atoms with Crippen molar-refractivity contribution in [3.8, 4) is 5.75 Å². The summed E-state index contributed by atoms with van der Waals surface area (Å²) in [5.74, 6) is 0.961. The van der Waals surface area contributed by atoms with Crippen LogP contribution in [0.2, 0.25) is 0 Å². The van der Waals surface area contributed by atoms with E-state index in [1.54, 1.807) is 0 Å². The third-order valence-electron chi connectivity index (χ3n) is 3.10. The van der Waals surface area contributed by atoms with E-state index in [0.717, 1.165) is 30.1 Å². The molecule has 1 saturated heterocycles. The van der Waals surface area contributed by atoms with E-state index < -0.39 is 0 Å². The number of benzene rings is 1. The Morgan fingerprint density at radius 2 is 2.06 bits per heavy atom. The third kappa shape index (κ3) is 2.30. The fraction of sp³-hybridized carbons (Fsp3) is 0.538. The Morgan fingerprint density at radius 3 is 2.62 bits per heavy atom. The molecule has 1 fully saturated rings. The molecule has 1 heterocycles. The SMILES string of the molecule is Cc1cc(N)ccc1OC1CN(C(C)C)C1. The molecule has 1 aliphatic rings. The molecular weight excluding hydrogens is 200 g/mol. The Labute approximate surface area is 97.2 Å². The van der Waals surface area contributed by atoms with Crippen molar-refractivity contribution in [1.82, 2.24) is 4.90 Å². The molecule has 16 heavy (non-hydrogen) atoms. The first kappa shape index (κ1) is 11.3. The lowest BCUT2D eigenvalue weighted by molar-refractivity contribution is -0.000188. The summed E-state index contributed by atoms with van der Waals surface area (Å²) >= 11 is 0. The minimum absolute atomic E-state index is 0.338. The summed E-state index contributed by atoms with van der Waals surface area (Å²) in [6.07, 6.45) is 0.338. The fourth-order valence-electron chi connectivity index (χ4n) is 1.95. The van der Waals surface area contributed by atoms with Gasteiger partial charge in [0.05, 0.1) is 0 Å². The van der Waals surface area contributed by atoms with Crippen LogP contribution in [0.15, 0.2) is 18.2 Å². The molecule has 0 amide bonds. The van der Waals surface area contributed by atoms with Crippen LogP contribution in [0, 0.1) is 6.92 Å². The smallest absolute Gasteiger partial charge is 0.124 e. The minimum Gasteiger partial charge on any atom is -0.487 e. The molecule has 0 atom stereocenters. The summed E-state index contributed by atoms with van der Waals surface area (Å²) in [6.45, 7) is 8.52. The van der Waals surface area contributed by atoms with Crippen LogP contribution in [0.5, 0.6) is 5.75 Å². The van der Waals surface area contributed by atoms with Gasteiger partial charge in [0.15, 0.2) is 0 Å². The lowest BCUT2D eigenvalue weighted by Crippen LogP contribution is -2.56. The van der Waals surface area contributed by atoms with E-state index in [9.17, 15) is 0 Å². The van der Waals surface area contributed by atoms with Crippen LogP contribution in [0.3, 0.4) is 0 Å². The number of hydrogen-bond acceptors (Lipinski definition) is 3. The number of hydrogen-bond donors (Lipinski definition) is 1. The number of anilines is 1. The van der Waals surface area contributed by atoms with Crippen molar-refractivity contribution in [2.75, 3.05) is 18.8 Å². The highest BCUT2D eigenvalue weighted by Gasteiger charge is 2.30. The normalized spacial score (nSPS) is 17.5. The first-order chi connectivity index (χ1) is 7.56. The van der Waals surface area contributed by atoms with Crippen LogP contribution in [-0.2, 0) is 0 Å². The zero-order valence-corrected chi connectivity index (χ0v) is 10.2. The number of rotatable bonds is 3. The largest absolute Gasteiger partial charge is 0.487 e. The topological polar surface area (TPSA) is 38.5 Å². The van der Waals surface area contributed by atoms with E-state index in [4.69, 9.17) is 10.5 Å². The van der Waals surface area contributed by atoms with Gasteiger partial charge in [-0.3, -0.25) is 4.90 Å². The van der Waals surface area contributed by atoms with Gasteiger partial charge in [-0.15, -0.1) is 0 Å². The van der Waals surface area contributed by atoms with Gasteiger partial charge in [0, 0.05) is 24.8 Å². The van der Waals surface area contributed by atoms with Crippen molar-refractivity contribution in [1.29, 1.82) is 0 Å². The van der Waals surface area contributed by atoms with Gasteiger partial charge in [0.2, 0.25) is 0 Å². The van der Waals surface area contributed by atoms with E-state index >= 15 is 0 Å².